The lowest BCUT2D eigenvalue weighted by Crippen LogP contribution is -2.37. The Bertz CT molecular complexity index is 445. The molecule has 1 fully saturated rings. The predicted molar refractivity (Wildman–Crippen MR) is 84.5 cm³/mol. The van der Waals surface area contributed by atoms with E-state index in [9.17, 15) is 4.79 Å². The number of benzene rings is 1. The Labute approximate surface area is 127 Å². The first-order valence-electron chi connectivity index (χ1n) is 7.89. The van der Waals surface area contributed by atoms with Crippen molar-refractivity contribution in [2.45, 2.75) is 38.6 Å². The monoisotopic (exact) mass is 290 g/mol. The SMILES string of the molecule is CCCCNC(=O)CN1CCCC1c1ccc(OC)cc1. The van der Waals surface area contributed by atoms with Crippen molar-refractivity contribution in [3.8, 4) is 5.75 Å². The van der Waals surface area contributed by atoms with Crippen LogP contribution in [0.2, 0.25) is 0 Å². The van der Waals surface area contributed by atoms with Gasteiger partial charge in [0.25, 0.3) is 0 Å². The molecule has 1 aromatic carbocycles. The smallest absolute Gasteiger partial charge is 0.234 e. The maximum atomic E-state index is 12.0. The maximum absolute atomic E-state index is 12.0. The second-order valence-corrected chi connectivity index (χ2v) is 5.61. The molecule has 1 aromatic rings. The Kier molecular flexibility index (Phi) is 6.05. The van der Waals surface area contributed by atoms with Gasteiger partial charge in [0.15, 0.2) is 0 Å². The predicted octanol–water partition coefficient (Wildman–Crippen LogP) is 2.75. The molecule has 4 heteroatoms. The number of likely N-dealkylation sites (tertiary alicyclic amines) is 1. The summed E-state index contributed by atoms with van der Waals surface area (Å²) in [5.74, 6) is 1.02. The van der Waals surface area contributed by atoms with E-state index in [0.29, 0.717) is 12.6 Å². The quantitative estimate of drug-likeness (QED) is 0.785. The summed E-state index contributed by atoms with van der Waals surface area (Å²) in [5.41, 5.74) is 1.27. The third kappa shape index (κ3) is 4.46. The van der Waals surface area contributed by atoms with Crippen LogP contribution < -0.4 is 10.1 Å². The Morgan fingerprint density at radius 1 is 1.38 bits per heavy atom. The first-order chi connectivity index (χ1) is 10.2. The number of nitrogens with one attached hydrogen (secondary N) is 1. The number of ether oxygens (including phenoxy) is 1. The molecule has 1 amide bonds. The van der Waals surface area contributed by atoms with Crippen molar-refractivity contribution < 1.29 is 9.53 Å². The second kappa shape index (κ2) is 8.03. The number of rotatable bonds is 7. The summed E-state index contributed by atoms with van der Waals surface area (Å²) < 4.78 is 5.20. The van der Waals surface area contributed by atoms with E-state index in [1.807, 2.05) is 12.1 Å². The highest BCUT2D eigenvalue weighted by molar-refractivity contribution is 5.78. The van der Waals surface area contributed by atoms with Crippen LogP contribution in [0.25, 0.3) is 0 Å². The number of unbranched alkanes of at least 4 members (excludes halogenated alkanes) is 1. The molecule has 0 aromatic heterocycles. The Morgan fingerprint density at radius 2 is 2.14 bits per heavy atom. The van der Waals surface area contributed by atoms with Crippen molar-refractivity contribution in [1.29, 1.82) is 0 Å². The number of methoxy groups -OCH3 is 1. The van der Waals surface area contributed by atoms with E-state index in [1.54, 1.807) is 7.11 Å². The Balaban J connectivity index is 1.91. The molecule has 4 nitrogen and oxygen atoms in total. The van der Waals surface area contributed by atoms with Crippen LogP contribution in [-0.4, -0.2) is 37.6 Å². The molecule has 1 atom stereocenters. The zero-order valence-electron chi connectivity index (χ0n) is 13.1. The number of amides is 1. The molecule has 0 saturated carbocycles. The molecule has 2 rings (SSSR count). The van der Waals surface area contributed by atoms with Gasteiger partial charge in [-0.25, -0.2) is 0 Å². The van der Waals surface area contributed by atoms with Gasteiger partial charge in [-0.05, 0) is 43.5 Å². The van der Waals surface area contributed by atoms with E-state index < -0.39 is 0 Å². The molecule has 1 unspecified atom stereocenters. The third-order valence-corrected chi connectivity index (χ3v) is 4.06. The molecule has 116 valence electrons. The third-order valence-electron chi connectivity index (χ3n) is 4.06. The van der Waals surface area contributed by atoms with Gasteiger partial charge in [-0.3, -0.25) is 9.69 Å². The molecule has 1 N–H and O–H groups in total. The molecule has 1 heterocycles. The maximum Gasteiger partial charge on any atom is 0.234 e. The van der Waals surface area contributed by atoms with Crippen molar-refractivity contribution in [2.75, 3.05) is 26.7 Å². The van der Waals surface area contributed by atoms with Crippen LogP contribution in [0.5, 0.6) is 5.75 Å². The summed E-state index contributed by atoms with van der Waals surface area (Å²) in [5, 5.41) is 3.00. The van der Waals surface area contributed by atoms with Gasteiger partial charge in [-0.15, -0.1) is 0 Å². The fourth-order valence-corrected chi connectivity index (χ4v) is 2.86. The molecule has 0 radical (unpaired) electrons. The molecular weight excluding hydrogens is 264 g/mol. The first kappa shape index (κ1) is 15.8. The molecule has 0 aliphatic carbocycles. The number of hydrogen-bond donors (Lipinski definition) is 1. The average Bonchev–Trinajstić information content (AvgIpc) is 2.95. The zero-order valence-corrected chi connectivity index (χ0v) is 13.1. The van der Waals surface area contributed by atoms with Crippen molar-refractivity contribution in [1.82, 2.24) is 10.2 Å². The summed E-state index contributed by atoms with van der Waals surface area (Å²) >= 11 is 0. The molecule has 1 aliphatic rings. The molecule has 0 bridgehead atoms. The number of hydrogen-bond acceptors (Lipinski definition) is 3. The Hall–Kier alpha value is -1.55. The fourth-order valence-electron chi connectivity index (χ4n) is 2.86. The van der Waals surface area contributed by atoms with E-state index in [2.05, 4.69) is 29.3 Å². The summed E-state index contributed by atoms with van der Waals surface area (Å²) in [4.78, 5) is 14.3. The van der Waals surface area contributed by atoms with Crippen LogP contribution >= 0.6 is 0 Å². The summed E-state index contributed by atoms with van der Waals surface area (Å²) in [6.07, 6.45) is 4.43. The van der Waals surface area contributed by atoms with Crippen molar-refractivity contribution >= 4 is 5.91 Å². The summed E-state index contributed by atoms with van der Waals surface area (Å²) in [7, 11) is 1.68. The first-order valence-corrected chi connectivity index (χ1v) is 7.89. The van der Waals surface area contributed by atoms with Crippen LogP contribution in [-0.2, 0) is 4.79 Å². The lowest BCUT2D eigenvalue weighted by atomic mass is 10.0. The van der Waals surface area contributed by atoms with Gasteiger partial charge < -0.3 is 10.1 Å². The summed E-state index contributed by atoms with van der Waals surface area (Å²) in [6, 6.07) is 8.56. The second-order valence-electron chi connectivity index (χ2n) is 5.61. The van der Waals surface area contributed by atoms with E-state index in [1.165, 1.54) is 5.56 Å². The van der Waals surface area contributed by atoms with Crippen molar-refractivity contribution in [2.24, 2.45) is 0 Å². The van der Waals surface area contributed by atoms with Gasteiger partial charge in [-0.1, -0.05) is 25.5 Å². The molecule has 21 heavy (non-hydrogen) atoms. The van der Waals surface area contributed by atoms with Crippen molar-refractivity contribution in [3.05, 3.63) is 29.8 Å². The highest BCUT2D eigenvalue weighted by Crippen LogP contribution is 2.32. The minimum absolute atomic E-state index is 0.142. The van der Waals surface area contributed by atoms with E-state index in [-0.39, 0.29) is 5.91 Å². The molecule has 1 saturated heterocycles. The van der Waals surface area contributed by atoms with Gasteiger partial charge in [0.2, 0.25) is 5.91 Å². The lowest BCUT2D eigenvalue weighted by Gasteiger charge is -2.24. The fraction of sp³-hybridized carbons (Fsp3) is 0.588. The lowest BCUT2D eigenvalue weighted by molar-refractivity contribution is -0.122. The minimum atomic E-state index is 0.142. The number of nitrogens with zero attached hydrogens (tertiary/aromatic N) is 1. The Morgan fingerprint density at radius 3 is 2.81 bits per heavy atom. The van der Waals surface area contributed by atoms with Crippen LogP contribution in [0.15, 0.2) is 24.3 Å². The van der Waals surface area contributed by atoms with Gasteiger partial charge in [-0.2, -0.15) is 0 Å². The van der Waals surface area contributed by atoms with E-state index in [0.717, 1.165) is 44.5 Å². The van der Waals surface area contributed by atoms with Crippen LogP contribution in [0.1, 0.15) is 44.2 Å². The highest BCUT2D eigenvalue weighted by atomic mass is 16.5. The van der Waals surface area contributed by atoms with E-state index >= 15 is 0 Å². The van der Waals surface area contributed by atoms with Gasteiger partial charge in [0.1, 0.15) is 5.75 Å². The van der Waals surface area contributed by atoms with Gasteiger partial charge in [0, 0.05) is 12.6 Å². The number of carbonyl (C=O) groups is 1. The topological polar surface area (TPSA) is 41.6 Å². The van der Waals surface area contributed by atoms with Crippen LogP contribution in [0.3, 0.4) is 0 Å². The minimum Gasteiger partial charge on any atom is -0.497 e. The number of carbonyl (C=O) groups excluding carboxylic acids is 1. The standard InChI is InChI=1S/C17H26N2O2/c1-3-4-11-18-17(20)13-19-12-5-6-16(19)14-7-9-15(21-2)10-8-14/h7-10,16H,3-6,11-13H2,1-2H3,(H,18,20). The molecule has 1 aliphatic heterocycles. The average molecular weight is 290 g/mol. The zero-order chi connectivity index (χ0) is 15.1. The molecular formula is C17H26N2O2. The van der Waals surface area contributed by atoms with Crippen LogP contribution in [0, 0.1) is 0 Å². The van der Waals surface area contributed by atoms with Crippen molar-refractivity contribution in [3.63, 3.8) is 0 Å². The van der Waals surface area contributed by atoms with E-state index in [4.69, 9.17) is 4.74 Å². The van der Waals surface area contributed by atoms with Gasteiger partial charge >= 0.3 is 0 Å². The highest BCUT2D eigenvalue weighted by Gasteiger charge is 2.27. The molecule has 0 spiro atoms. The summed E-state index contributed by atoms with van der Waals surface area (Å²) in [6.45, 7) is 4.42. The van der Waals surface area contributed by atoms with Gasteiger partial charge in [0.05, 0.1) is 13.7 Å². The van der Waals surface area contributed by atoms with Crippen LogP contribution in [0.4, 0.5) is 0 Å². The normalized spacial score (nSPS) is 18.7. The largest absolute Gasteiger partial charge is 0.497 e.